The van der Waals surface area contributed by atoms with Gasteiger partial charge in [-0.25, -0.2) is 0 Å². The van der Waals surface area contributed by atoms with E-state index in [1.807, 2.05) is 0 Å². The third-order valence-electron chi connectivity index (χ3n) is 13.8. The molecule has 2 aliphatic rings. The fraction of sp³-hybridized carbons (Fsp3) is 0.556. The van der Waals surface area contributed by atoms with E-state index in [-0.39, 0.29) is 10.8 Å². The number of aryl methyl sites for hydroxylation is 2. The van der Waals surface area contributed by atoms with Crippen molar-refractivity contribution in [3.63, 3.8) is 0 Å². The minimum atomic E-state index is 0.0841. The van der Waals surface area contributed by atoms with Crippen molar-refractivity contribution >= 4 is 31.9 Å². The minimum absolute atomic E-state index is 0.0841. The maximum atomic E-state index is 3.69. The molecule has 0 radical (unpaired) electrons. The van der Waals surface area contributed by atoms with Crippen LogP contribution in [0.3, 0.4) is 0 Å². The third kappa shape index (κ3) is 9.65. The molecule has 0 unspecified atom stereocenters. The molecule has 56 heavy (non-hydrogen) atoms. The van der Waals surface area contributed by atoms with Crippen LogP contribution in [0.4, 0.5) is 0 Å². The highest BCUT2D eigenvalue weighted by Gasteiger charge is 2.44. The molecule has 302 valence electrons. The summed E-state index contributed by atoms with van der Waals surface area (Å²) in [5, 5.41) is 2.23. The first kappa shape index (κ1) is 43.4. The van der Waals surface area contributed by atoms with Crippen LogP contribution in [0.5, 0.6) is 0 Å². The first-order valence-electron chi connectivity index (χ1n) is 23.1. The van der Waals surface area contributed by atoms with Gasteiger partial charge in [0, 0.05) is 21.5 Å². The van der Waals surface area contributed by atoms with Crippen molar-refractivity contribution in [2.45, 2.75) is 180 Å². The molecule has 0 saturated heterocycles. The highest BCUT2D eigenvalue weighted by molar-refractivity contribution is 9.09. The van der Waals surface area contributed by atoms with Crippen LogP contribution in [-0.4, -0.2) is 10.7 Å². The lowest BCUT2D eigenvalue weighted by molar-refractivity contribution is 0.399. The van der Waals surface area contributed by atoms with Crippen LogP contribution in [0.25, 0.3) is 33.4 Å². The Bertz CT molecular complexity index is 1680. The van der Waals surface area contributed by atoms with E-state index in [0.29, 0.717) is 0 Å². The molecule has 0 bridgehead atoms. The van der Waals surface area contributed by atoms with Crippen LogP contribution in [0, 0.1) is 13.8 Å². The van der Waals surface area contributed by atoms with Crippen LogP contribution in [0.1, 0.15) is 188 Å². The van der Waals surface area contributed by atoms with Gasteiger partial charge in [0.25, 0.3) is 0 Å². The van der Waals surface area contributed by atoms with Gasteiger partial charge in [-0.05, 0) is 120 Å². The number of unbranched alkanes of at least 4 members (excludes halogenated alkanes) is 14. The Hall–Kier alpha value is -2.16. The topological polar surface area (TPSA) is 0 Å². The van der Waals surface area contributed by atoms with Gasteiger partial charge in [-0.1, -0.05) is 220 Å². The highest BCUT2D eigenvalue weighted by atomic mass is 79.9. The predicted molar refractivity (Wildman–Crippen MR) is 254 cm³/mol. The molecule has 4 aromatic rings. The first-order valence-corrected chi connectivity index (χ1v) is 25.3. The zero-order valence-electron chi connectivity index (χ0n) is 35.7. The van der Waals surface area contributed by atoms with E-state index < -0.39 is 0 Å². The van der Waals surface area contributed by atoms with E-state index >= 15 is 0 Å². The summed E-state index contributed by atoms with van der Waals surface area (Å²) >= 11 is 7.38. The highest BCUT2D eigenvalue weighted by Crippen LogP contribution is 2.57. The Labute approximate surface area is 359 Å². The monoisotopic (exact) mass is 878 g/mol. The SMILES string of the molecule is CCCCCCCC1(CCCCCCC)c2cc(C)ccc2-c2ccc(-c3ccc4c(c3)C(CCCCCCBr)(CCCCCCBr)c3cc(C)ccc3-4)cc21. The quantitative estimate of drug-likeness (QED) is 0.0460. The lowest BCUT2D eigenvalue weighted by Gasteiger charge is -2.34. The molecule has 0 amide bonds. The summed E-state index contributed by atoms with van der Waals surface area (Å²) in [5.41, 5.74) is 18.2. The average Bonchev–Trinajstić information content (AvgIpc) is 3.62. The van der Waals surface area contributed by atoms with E-state index in [0.717, 1.165) is 10.7 Å². The zero-order chi connectivity index (χ0) is 39.4. The maximum Gasteiger partial charge on any atom is 0.0215 e. The fourth-order valence-electron chi connectivity index (χ4n) is 10.7. The van der Waals surface area contributed by atoms with Gasteiger partial charge in [0.1, 0.15) is 0 Å². The van der Waals surface area contributed by atoms with E-state index in [9.17, 15) is 0 Å². The molecule has 0 nitrogen and oxygen atoms in total. The molecule has 4 aromatic carbocycles. The Kier molecular flexibility index (Phi) is 16.4. The lowest BCUT2D eigenvalue weighted by Crippen LogP contribution is -2.26. The standard InChI is InChI=1S/C54H72Br2/c1-5-7-9-11-17-31-53(32-18-12-10-8-6-2)49-37-41(3)23-27-45(49)47-29-25-43(39-51(47)53)44-26-30-48-46-28-24-42(4)38-50(46)54(52(48)40-44,33-19-13-15-21-35-55)34-20-14-16-22-36-56/h23-30,37-40H,5-22,31-36H2,1-4H3. The average molecular weight is 881 g/mol. The molecule has 2 heteroatoms. The smallest absolute Gasteiger partial charge is 0.0215 e. The van der Waals surface area contributed by atoms with E-state index in [1.54, 1.807) is 22.3 Å². The first-order chi connectivity index (χ1) is 27.4. The summed E-state index contributed by atoms with van der Waals surface area (Å²) in [6.45, 7) is 9.29. The molecule has 0 fully saturated rings. The lowest BCUT2D eigenvalue weighted by atomic mass is 9.69. The molecular formula is C54H72Br2. The van der Waals surface area contributed by atoms with Gasteiger partial charge < -0.3 is 0 Å². The molecular weight excluding hydrogens is 808 g/mol. The number of alkyl halides is 2. The molecule has 0 saturated carbocycles. The molecule has 2 aliphatic carbocycles. The largest absolute Gasteiger partial charge is 0.0928 e. The van der Waals surface area contributed by atoms with Crippen LogP contribution in [0.15, 0.2) is 72.8 Å². The Morgan fingerprint density at radius 2 is 0.661 bits per heavy atom. The van der Waals surface area contributed by atoms with Crippen LogP contribution in [-0.2, 0) is 10.8 Å². The van der Waals surface area contributed by atoms with Crippen molar-refractivity contribution in [2.24, 2.45) is 0 Å². The van der Waals surface area contributed by atoms with Gasteiger partial charge in [-0.3, -0.25) is 0 Å². The van der Waals surface area contributed by atoms with Crippen molar-refractivity contribution in [2.75, 3.05) is 10.7 Å². The van der Waals surface area contributed by atoms with Gasteiger partial charge in [0.2, 0.25) is 0 Å². The molecule has 0 atom stereocenters. The van der Waals surface area contributed by atoms with Crippen molar-refractivity contribution in [3.8, 4) is 33.4 Å². The van der Waals surface area contributed by atoms with Crippen molar-refractivity contribution in [1.82, 2.24) is 0 Å². The van der Waals surface area contributed by atoms with Crippen molar-refractivity contribution in [3.05, 3.63) is 106 Å². The summed E-state index contributed by atoms with van der Waals surface area (Å²) < 4.78 is 0. The zero-order valence-corrected chi connectivity index (χ0v) is 38.8. The second-order valence-corrected chi connectivity index (χ2v) is 19.4. The summed E-state index contributed by atoms with van der Waals surface area (Å²) in [7, 11) is 0. The summed E-state index contributed by atoms with van der Waals surface area (Å²) in [4.78, 5) is 0. The van der Waals surface area contributed by atoms with Crippen LogP contribution < -0.4 is 0 Å². The van der Waals surface area contributed by atoms with Crippen LogP contribution in [0.2, 0.25) is 0 Å². The van der Waals surface area contributed by atoms with Gasteiger partial charge >= 0.3 is 0 Å². The third-order valence-corrected chi connectivity index (χ3v) is 14.9. The second-order valence-electron chi connectivity index (χ2n) is 17.8. The van der Waals surface area contributed by atoms with Gasteiger partial charge in [0.15, 0.2) is 0 Å². The van der Waals surface area contributed by atoms with E-state index in [4.69, 9.17) is 0 Å². The maximum absolute atomic E-state index is 3.69. The summed E-state index contributed by atoms with van der Waals surface area (Å²) in [5.74, 6) is 0. The Morgan fingerprint density at radius 3 is 1.00 bits per heavy atom. The summed E-state index contributed by atoms with van der Waals surface area (Å²) in [6, 6.07) is 30.1. The molecule has 6 rings (SSSR count). The summed E-state index contributed by atoms with van der Waals surface area (Å²) in [6.07, 6.45) is 28.8. The number of hydrogen-bond acceptors (Lipinski definition) is 0. The van der Waals surface area contributed by atoms with Crippen LogP contribution >= 0.6 is 31.9 Å². The number of hydrogen-bond donors (Lipinski definition) is 0. The Morgan fingerprint density at radius 1 is 0.357 bits per heavy atom. The molecule has 0 N–H and O–H groups in total. The Balaban J connectivity index is 1.43. The number of rotatable bonds is 25. The molecule has 0 heterocycles. The van der Waals surface area contributed by atoms with E-state index in [1.165, 1.54) is 186 Å². The van der Waals surface area contributed by atoms with Crippen molar-refractivity contribution < 1.29 is 0 Å². The van der Waals surface area contributed by atoms with Gasteiger partial charge in [0.05, 0.1) is 0 Å². The second kappa shape index (κ2) is 21.2. The fourth-order valence-corrected chi connectivity index (χ4v) is 11.5. The molecule has 0 spiro atoms. The molecule has 0 aliphatic heterocycles. The van der Waals surface area contributed by atoms with Gasteiger partial charge in [-0.2, -0.15) is 0 Å². The normalized spacial score (nSPS) is 14.5. The predicted octanol–water partition coefficient (Wildman–Crippen LogP) is 17.9. The number of halogens is 2. The van der Waals surface area contributed by atoms with Gasteiger partial charge in [-0.15, -0.1) is 0 Å². The van der Waals surface area contributed by atoms with E-state index in [2.05, 4.69) is 132 Å². The van der Waals surface area contributed by atoms with Crippen molar-refractivity contribution in [1.29, 1.82) is 0 Å². The minimum Gasteiger partial charge on any atom is -0.0928 e. The number of fused-ring (bicyclic) bond motifs is 6. The molecule has 0 aromatic heterocycles. The number of benzene rings is 4.